The number of hydrogen-bond donors (Lipinski definition) is 1. The van der Waals surface area contributed by atoms with E-state index < -0.39 is 0 Å². The van der Waals surface area contributed by atoms with E-state index in [-0.39, 0.29) is 12.5 Å². The van der Waals surface area contributed by atoms with Gasteiger partial charge >= 0.3 is 0 Å². The topological polar surface area (TPSA) is 59.9 Å². The molecule has 1 amide bonds. The number of ether oxygens (including phenoxy) is 2. The molecule has 1 aliphatic heterocycles. The van der Waals surface area contributed by atoms with Crippen LogP contribution in [0.15, 0.2) is 70.6 Å². The van der Waals surface area contributed by atoms with E-state index in [0.29, 0.717) is 42.3 Å². The summed E-state index contributed by atoms with van der Waals surface area (Å²) >= 11 is 19.4. The molecule has 9 heteroatoms. The third-order valence-corrected chi connectivity index (χ3v) is 6.34. The highest BCUT2D eigenvalue weighted by Gasteiger charge is 2.24. The molecule has 168 valence electrons. The number of thioether (sulfide) groups is 1. The summed E-state index contributed by atoms with van der Waals surface area (Å²) < 4.78 is 11.4. The first kappa shape index (κ1) is 23.5. The monoisotopic (exact) mass is 518 g/mol. The summed E-state index contributed by atoms with van der Waals surface area (Å²) in [7, 11) is 1.56. The maximum absolute atomic E-state index is 12.4. The van der Waals surface area contributed by atoms with Gasteiger partial charge in [-0.2, -0.15) is 0 Å². The number of halogens is 3. The van der Waals surface area contributed by atoms with Gasteiger partial charge in [-0.1, -0.05) is 46.9 Å². The molecule has 0 atom stereocenters. The summed E-state index contributed by atoms with van der Waals surface area (Å²) in [6, 6.07) is 17.7. The summed E-state index contributed by atoms with van der Waals surface area (Å²) in [6.45, 7) is 0.236. The first-order valence-electron chi connectivity index (χ1n) is 9.71. The normalized spacial score (nSPS) is 15.7. The second kappa shape index (κ2) is 10.5. The predicted molar refractivity (Wildman–Crippen MR) is 136 cm³/mol. The quantitative estimate of drug-likeness (QED) is 0.352. The molecule has 0 radical (unpaired) electrons. The van der Waals surface area contributed by atoms with Gasteiger partial charge in [-0.05, 0) is 71.9 Å². The first-order chi connectivity index (χ1) is 15.9. The molecule has 1 fully saturated rings. The van der Waals surface area contributed by atoms with Crippen molar-refractivity contribution in [2.75, 3.05) is 7.11 Å². The second-order valence-electron chi connectivity index (χ2n) is 6.89. The predicted octanol–water partition coefficient (Wildman–Crippen LogP) is 7.13. The Morgan fingerprint density at radius 3 is 2.45 bits per heavy atom. The highest BCUT2D eigenvalue weighted by molar-refractivity contribution is 8.18. The minimum Gasteiger partial charge on any atom is -0.493 e. The van der Waals surface area contributed by atoms with Crippen LogP contribution in [-0.2, 0) is 11.4 Å². The van der Waals surface area contributed by atoms with Crippen molar-refractivity contribution in [3.05, 3.63) is 91.8 Å². The van der Waals surface area contributed by atoms with Crippen LogP contribution in [-0.4, -0.2) is 18.2 Å². The number of aliphatic imine (C=N–C) groups is 1. The Bertz CT molecular complexity index is 1260. The number of carbonyl (C=O) groups is 1. The Hall–Kier alpha value is -2.64. The molecular formula is C24H17Cl3N2O3S. The van der Waals surface area contributed by atoms with Gasteiger partial charge in [0.15, 0.2) is 16.7 Å². The SMILES string of the molecule is COc1ccc(/C=C2\SC(=Nc3ccc(Cl)cc3)NC2=O)cc1OCc1ccc(Cl)cc1Cl. The van der Waals surface area contributed by atoms with Crippen LogP contribution < -0.4 is 14.8 Å². The Balaban J connectivity index is 1.52. The van der Waals surface area contributed by atoms with Crippen LogP contribution in [0.3, 0.4) is 0 Å². The van der Waals surface area contributed by atoms with Gasteiger partial charge in [0.25, 0.3) is 5.91 Å². The molecule has 33 heavy (non-hydrogen) atoms. The second-order valence-corrected chi connectivity index (χ2v) is 9.20. The number of amides is 1. The zero-order valence-corrected chi connectivity index (χ0v) is 20.4. The van der Waals surface area contributed by atoms with Crippen molar-refractivity contribution in [2.24, 2.45) is 4.99 Å². The van der Waals surface area contributed by atoms with E-state index >= 15 is 0 Å². The maximum atomic E-state index is 12.4. The summed E-state index contributed by atoms with van der Waals surface area (Å²) in [4.78, 5) is 17.4. The number of amidine groups is 1. The molecule has 0 unspecified atom stereocenters. The number of benzene rings is 3. The van der Waals surface area contributed by atoms with Crippen molar-refractivity contribution in [3.8, 4) is 11.5 Å². The van der Waals surface area contributed by atoms with Gasteiger partial charge in [0, 0.05) is 20.6 Å². The minimum atomic E-state index is -0.223. The van der Waals surface area contributed by atoms with Gasteiger partial charge in [-0.25, -0.2) is 4.99 Å². The van der Waals surface area contributed by atoms with Crippen LogP contribution in [0.1, 0.15) is 11.1 Å². The van der Waals surface area contributed by atoms with Crippen LogP contribution in [0, 0.1) is 0 Å². The molecule has 0 aliphatic carbocycles. The molecule has 1 N–H and O–H groups in total. The molecule has 3 aromatic rings. The van der Waals surface area contributed by atoms with E-state index in [4.69, 9.17) is 44.3 Å². The van der Waals surface area contributed by atoms with E-state index in [9.17, 15) is 4.79 Å². The summed E-state index contributed by atoms with van der Waals surface area (Å²) in [5.74, 6) is 0.867. The third kappa shape index (κ3) is 6.03. The molecule has 4 rings (SSSR count). The van der Waals surface area contributed by atoms with E-state index in [1.54, 1.807) is 61.7 Å². The van der Waals surface area contributed by atoms with Crippen LogP contribution in [0.4, 0.5) is 5.69 Å². The van der Waals surface area contributed by atoms with Crippen molar-refractivity contribution < 1.29 is 14.3 Å². The number of rotatable bonds is 6. The average molecular weight is 520 g/mol. The zero-order chi connectivity index (χ0) is 23.4. The van der Waals surface area contributed by atoms with Crippen LogP contribution in [0.5, 0.6) is 11.5 Å². The van der Waals surface area contributed by atoms with E-state index in [0.717, 1.165) is 11.1 Å². The fraction of sp³-hybridized carbons (Fsp3) is 0.0833. The van der Waals surface area contributed by atoms with Gasteiger partial charge in [0.2, 0.25) is 0 Å². The van der Waals surface area contributed by atoms with Crippen molar-refractivity contribution in [3.63, 3.8) is 0 Å². The molecule has 1 saturated heterocycles. The zero-order valence-electron chi connectivity index (χ0n) is 17.3. The molecule has 5 nitrogen and oxygen atoms in total. The Morgan fingerprint density at radius 1 is 0.970 bits per heavy atom. The molecule has 3 aromatic carbocycles. The highest BCUT2D eigenvalue weighted by atomic mass is 35.5. The molecule has 1 aliphatic rings. The van der Waals surface area contributed by atoms with Gasteiger partial charge in [-0.3, -0.25) is 4.79 Å². The van der Waals surface area contributed by atoms with Crippen molar-refractivity contribution in [1.82, 2.24) is 5.32 Å². The van der Waals surface area contributed by atoms with Gasteiger partial charge in [-0.15, -0.1) is 0 Å². The number of methoxy groups -OCH3 is 1. The fourth-order valence-corrected chi connectivity index (χ4v) is 4.39. The lowest BCUT2D eigenvalue weighted by Gasteiger charge is -2.12. The van der Waals surface area contributed by atoms with Crippen molar-refractivity contribution >= 4 is 69.4 Å². The largest absolute Gasteiger partial charge is 0.493 e. The van der Waals surface area contributed by atoms with E-state index in [2.05, 4.69) is 10.3 Å². The summed E-state index contributed by atoms with van der Waals surface area (Å²) in [5.41, 5.74) is 2.27. The standard InChI is InChI=1S/C24H17Cl3N2O3S/c1-31-20-9-2-14(10-21(20)32-13-15-3-4-17(26)12-19(15)27)11-22-23(30)29-24(33-22)28-18-7-5-16(25)6-8-18/h2-12H,13H2,1H3,(H,28,29,30)/b22-11-. The third-order valence-electron chi connectivity index (χ3n) is 4.59. The Morgan fingerprint density at radius 2 is 1.73 bits per heavy atom. The van der Waals surface area contributed by atoms with Gasteiger partial charge < -0.3 is 14.8 Å². The molecule has 0 aromatic heterocycles. The number of nitrogens with zero attached hydrogens (tertiary/aromatic N) is 1. The van der Waals surface area contributed by atoms with E-state index in [1.807, 2.05) is 12.1 Å². The lowest BCUT2D eigenvalue weighted by molar-refractivity contribution is -0.115. The fourth-order valence-electron chi connectivity index (χ4n) is 2.95. The molecule has 1 heterocycles. The highest BCUT2D eigenvalue weighted by Crippen LogP contribution is 2.33. The first-order valence-corrected chi connectivity index (χ1v) is 11.7. The van der Waals surface area contributed by atoms with Crippen LogP contribution >= 0.6 is 46.6 Å². The van der Waals surface area contributed by atoms with Crippen molar-refractivity contribution in [1.29, 1.82) is 0 Å². The minimum absolute atomic E-state index is 0.223. The molecular weight excluding hydrogens is 503 g/mol. The van der Waals surface area contributed by atoms with E-state index in [1.165, 1.54) is 11.8 Å². The molecule has 0 saturated carbocycles. The smallest absolute Gasteiger partial charge is 0.264 e. The molecule has 0 bridgehead atoms. The Kier molecular flexibility index (Phi) is 7.50. The average Bonchev–Trinajstić information content (AvgIpc) is 3.13. The maximum Gasteiger partial charge on any atom is 0.264 e. The number of nitrogens with one attached hydrogen (secondary N) is 1. The Labute approximate surface area is 210 Å². The summed E-state index contributed by atoms with van der Waals surface area (Å²) in [5, 5.41) is 4.97. The summed E-state index contributed by atoms with van der Waals surface area (Å²) in [6.07, 6.45) is 1.77. The lowest BCUT2D eigenvalue weighted by Crippen LogP contribution is -2.19. The van der Waals surface area contributed by atoms with Gasteiger partial charge in [0.05, 0.1) is 17.7 Å². The number of carbonyl (C=O) groups excluding carboxylic acids is 1. The van der Waals surface area contributed by atoms with Crippen LogP contribution in [0.2, 0.25) is 15.1 Å². The number of hydrogen-bond acceptors (Lipinski definition) is 5. The van der Waals surface area contributed by atoms with Crippen LogP contribution in [0.25, 0.3) is 6.08 Å². The van der Waals surface area contributed by atoms with Crippen molar-refractivity contribution in [2.45, 2.75) is 6.61 Å². The van der Waals surface area contributed by atoms with Gasteiger partial charge in [0.1, 0.15) is 6.61 Å². The molecule has 0 spiro atoms. The lowest BCUT2D eigenvalue weighted by atomic mass is 10.2.